The van der Waals surface area contributed by atoms with Crippen LogP contribution in [0.5, 0.6) is 0 Å². The monoisotopic (exact) mass is 530 g/mol. The lowest BCUT2D eigenvalue weighted by molar-refractivity contribution is 0.273. The van der Waals surface area contributed by atoms with Crippen molar-refractivity contribution in [2.45, 2.75) is 111 Å². The maximum absolute atomic E-state index is 9.53. The summed E-state index contributed by atoms with van der Waals surface area (Å²) in [5, 5.41) is 28.9. The minimum atomic E-state index is -0.497. The van der Waals surface area contributed by atoms with Gasteiger partial charge in [-0.05, 0) is 85.8 Å². The Morgan fingerprint density at radius 2 is 0.861 bits per heavy atom. The molecule has 2 N–H and O–H groups in total. The molecule has 0 amide bonds. The fourth-order valence-electron chi connectivity index (χ4n) is 3.82. The van der Waals surface area contributed by atoms with E-state index in [4.69, 9.17) is 10.2 Å². The second-order valence-corrected chi connectivity index (χ2v) is 15.1. The van der Waals surface area contributed by atoms with E-state index >= 15 is 0 Å². The summed E-state index contributed by atoms with van der Waals surface area (Å²) in [5.41, 5.74) is 2.83. The van der Waals surface area contributed by atoms with Gasteiger partial charge in [0, 0.05) is 23.0 Å². The first-order chi connectivity index (χ1) is 16.7. The molecule has 0 spiro atoms. The molecule has 0 fully saturated rings. The third-order valence-corrected chi connectivity index (χ3v) is 8.65. The maximum Gasteiger partial charge on any atom is 0.128 e. The third-order valence-electron chi connectivity index (χ3n) is 6.19. The molecular weight excluding hydrogens is 484 g/mol. The van der Waals surface area contributed by atoms with E-state index < -0.39 is 9.74 Å². The molecule has 2 rings (SSSR count). The summed E-state index contributed by atoms with van der Waals surface area (Å²) in [6.45, 7) is 17.8. The van der Waals surface area contributed by atoms with Crippen LogP contribution in [-0.2, 0) is 10.8 Å². The Bertz CT molecular complexity index is 883. The number of aliphatic hydroxyl groups is 2. The molecule has 0 saturated carbocycles. The standard InChI is InChI=1S/C30H46N2O2S2/c1-27(2,3)23-11-15-25(16-12-23)35-29(7,19-9-21-33)31-32-30(8,20-10-22-34)36-26-17-13-24(14-18-26)28(4,5)6/h11-18,33-34H,9-10,19-22H2,1-8H3. The highest BCUT2D eigenvalue weighted by Gasteiger charge is 2.30. The van der Waals surface area contributed by atoms with Crippen LogP contribution >= 0.6 is 23.5 Å². The minimum Gasteiger partial charge on any atom is -0.396 e. The van der Waals surface area contributed by atoms with Gasteiger partial charge in [-0.3, -0.25) is 0 Å². The minimum absolute atomic E-state index is 0.111. The lowest BCUT2D eigenvalue weighted by atomic mass is 9.87. The van der Waals surface area contributed by atoms with Crippen LogP contribution in [0.4, 0.5) is 0 Å². The van der Waals surface area contributed by atoms with Crippen LogP contribution in [0.2, 0.25) is 0 Å². The number of thioether (sulfide) groups is 2. The van der Waals surface area contributed by atoms with Gasteiger partial charge in [-0.1, -0.05) is 89.3 Å². The summed E-state index contributed by atoms with van der Waals surface area (Å²) >= 11 is 3.39. The predicted molar refractivity (Wildman–Crippen MR) is 156 cm³/mol. The molecule has 2 aromatic carbocycles. The zero-order valence-electron chi connectivity index (χ0n) is 23.5. The second kappa shape index (κ2) is 12.9. The fraction of sp³-hybridized carbons (Fsp3) is 0.600. The van der Waals surface area contributed by atoms with E-state index in [0.29, 0.717) is 12.8 Å². The average Bonchev–Trinajstić information content (AvgIpc) is 2.80. The number of nitrogens with zero attached hydrogens (tertiary/aromatic N) is 2. The topological polar surface area (TPSA) is 65.2 Å². The number of hydrogen-bond donors (Lipinski definition) is 2. The number of rotatable bonds is 12. The molecule has 0 bridgehead atoms. The molecule has 0 saturated heterocycles. The van der Waals surface area contributed by atoms with Gasteiger partial charge >= 0.3 is 0 Å². The van der Waals surface area contributed by atoms with Gasteiger partial charge in [0.2, 0.25) is 0 Å². The summed E-state index contributed by atoms with van der Waals surface area (Å²) in [4.78, 5) is 1.29. The maximum atomic E-state index is 9.53. The van der Waals surface area contributed by atoms with Crippen molar-refractivity contribution in [2.24, 2.45) is 10.2 Å². The smallest absolute Gasteiger partial charge is 0.128 e. The molecule has 0 aromatic heterocycles. The Morgan fingerprint density at radius 1 is 0.556 bits per heavy atom. The molecule has 0 aliphatic carbocycles. The first-order valence-corrected chi connectivity index (χ1v) is 14.6. The molecule has 2 aromatic rings. The first kappa shape index (κ1) is 30.9. The Labute approximate surface area is 227 Å². The van der Waals surface area contributed by atoms with Crippen LogP contribution in [0.1, 0.15) is 92.2 Å². The van der Waals surface area contributed by atoms with Crippen LogP contribution in [0.3, 0.4) is 0 Å². The van der Waals surface area contributed by atoms with Crippen molar-refractivity contribution >= 4 is 23.5 Å². The normalized spacial score (nSPS) is 16.2. The van der Waals surface area contributed by atoms with E-state index in [1.165, 1.54) is 11.1 Å². The second-order valence-electron chi connectivity index (χ2n) is 12.0. The van der Waals surface area contributed by atoms with Gasteiger partial charge in [-0.2, -0.15) is 10.2 Å². The lowest BCUT2D eigenvalue weighted by Gasteiger charge is -2.28. The van der Waals surface area contributed by atoms with Crippen molar-refractivity contribution < 1.29 is 10.2 Å². The Morgan fingerprint density at radius 3 is 1.11 bits per heavy atom. The van der Waals surface area contributed by atoms with Gasteiger partial charge in [0.1, 0.15) is 9.74 Å². The van der Waals surface area contributed by atoms with E-state index in [0.717, 1.165) is 22.6 Å². The summed E-state index contributed by atoms with van der Waals surface area (Å²) in [6.07, 6.45) is 2.77. The Hall–Kier alpha value is -1.34. The number of hydrogen-bond acceptors (Lipinski definition) is 6. The van der Waals surface area contributed by atoms with E-state index in [1.54, 1.807) is 23.5 Å². The van der Waals surface area contributed by atoms with Crippen molar-refractivity contribution in [3.8, 4) is 0 Å². The van der Waals surface area contributed by atoms with Crippen LogP contribution in [-0.4, -0.2) is 33.2 Å². The fourth-order valence-corrected chi connectivity index (χ4v) is 6.04. The average molecular weight is 531 g/mol. The van der Waals surface area contributed by atoms with Gasteiger partial charge in [-0.25, -0.2) is 0 Å². The van der Waals surface area contributed by atoms with E-state index in [9.17, 15) is 10.2 Å². The largest absolute Gasteiger partial charge is 0.396 e. The number of aliphatic hydroxyl groups excluding tert-OH is 2. The van der Waals surface area contributed by atoms with Crippen molar-refractivity contribution in [2.75, 3.05) is 13.2 Å². The molecule has 2 atom stereocenters. The lowest BCUT2D eigenvalue weighted by Crippen LogP contribution is -2.22. The highest BCUT2D eigenvalue weighted by Crippen LogP contribution is 2.43. The molecule has 200 valence electrons. The van der Waals surface area contributed by atoms with Gasteiger partial charge in [0.25, 0.3) is 0 Å². The molecule has 0 aliphatic rings. The van der Waals surface area contributed by atoms with Gasteiger partial charge in [0.05, 0.1) is 0 Å². The first-order valence-electron chi connectivity index (χ1n) is 12.9. The van der Waals surface area contributed by atoms with Crippen LogP contribution in [0, 0.1) is 0 Å². The highest BCUT2D eigenvalue weighted by molar-refractivity contribution is 8.01. The van der Waals surface area contributed by atoms with Crippen molar-refractivity contribution in [3.05, 3.63) is 59.7 Å². The van der Waals surface area contributed by atoms with E-state index in [2.05, 4.69) is 104 Å². The van der Waals surface area contributed by atoms with Crippen LogP contribution < -0.4 is 0 Å². The molecule has 4 nitrogen and oxygen atoms in total. The molecular formula is C30H46N2O2S2. The highest BCUT2D eigenvalue weighted by atomic mass is 32.2. The van der Waals surface area contributed by atoms with Gasteiger partial charge in [-0.15, -0.1) is 0 Å². The molecule has 2 unspecified atom stereocenters. The number of azo groups is 1. The Kier molecular flexibility index (Phi) is 11.1. The zero-order chi connectivity index (χ0) is 27.0. The summed E-state index contributed by atoms with van der Waals surface area (Å²) in [6, 6.07) is 17.4. The quantitative estimate of drug-likeness (QED) is 0.213. The van der Waals surface area contributed by atoms with Crippen molar-refractivity contribution in [1.82, 2.24) is 0 Å². The third kappa shape index (κ3) is 9.85. The molecule has 0 radical (unpaired) electrons. The van der Waals surface area contributed by atoms with Crippen LogP contribution in [0.15, 0.2) is 68.6 Å². The molecule has 36 heavy (non-hydrogen) atoms. The summed E-state index contributed by atoms with van der Waals surface area (Å²) < 4.78 is 0. The summed E-state index contributed by atoms with van der Waals surface area (Å²) in [7, 11) is 0. The predicted octanol–water partition coefficient (Wildman–Crippen LogP) is 8.60. The summed E-state index contributed by atoms with van der Waals surface area (Å²) in [5.74, 6) is 0. The Balaban J connectivity index is 2.29. The SMILES string of the molecule is CC(CCCO)(N=NC(C)(CCCO)Sc1ccc(C(C)(C)C)cc1)Sc1ccc(C(C)(C)C)cc1. The van der Waals surface area contributed by atoms with Crippen LogP contribution in [0.25, 0.3) is 0 Å². The van der Waals surface area contributed by atoms with Crippen molar-refractivity contribution in [1.29, 1.82) is 0 Å². The molecule has 0 heterocycles. The van der Waals surface area contributed by atoms with Gasteiger partial charge < -0.3 is 10.2 Å². The van der Waals surface area contributed by atoms with Crippen molar-refractivity contribution in [3.63, 3.8) is 0 Å². The zero-order valence-corrected chi connectivity index (χ0v) is 25.1. The molecule has 0 aliphatic heterocycles. The van der Waals surface area contributed by atoms with E-state index in [1.807, 2.05) is 0 Å². The number of benzene rings is 2. The van der Waals surface area contributed by atoms with E-state index in [-0.39, 0.29) is 24.0 Å². The van der Waals surface area contributed by atoms with Gasteiger partial charge in [0.15, 0.2) is 0 Å². The molecule has 6 heteroatoms.